The number of hydrogen-bond donors (Lipinski definition) is 1. The molecule has 0 atom stereocenters. The number of rotatable bonds is 7. The minimum atomic E-state index is -2.01. The average molecular weight is 376 g/mol. The predicted molar refractivity (Wildman–Crippen MR) is 104 cm³/mol. The predicted octanol–water partition coefficient (Wildman–Crippen LogP) is 3.36. The summed E-state index contributed by atoms with van der Waals surface area (Å²) in [4.78, 5) is 25.2. The van der Waals surface area contributed by atoms with Crippen LogP contribution in [0, 0.1) is 0 Å². The second-order valence-corrected chi connectivity index (χ2v) is 6.17. The topological polar surface area (TPSA) is 72.8 Å². The molecule has 3 rings (SSSR count). The summed E-state index contributed by atoms with van der Waals surface area (Å²) in [5, 5.41) is 11.3. The van der Waals surface area contributed by atoms with Crippen molar-refractivity contribution in [3.63, 3.8) is 0 Å². The summed E-state index contributed by atoms with van der Waals surface area (Å²) in [6.45, 7) is -0.479. The summed E-state index contributed by atoms with van der Waals surface area (Å²) in [5.41, 5.74) is -0.898. The molecule has 3 aromatic rings. The highest BCUT2D eigenvalue weighted by Gasteiger charge is 2.41. The Balaban J connectivity index is 1.81. The van der Waals surface area contributed by atoms with E-state index in [0.29, 0.717) is 22.4 Å². The average Bonchev–Trinajstić information content (AvgIpc) is 2.77. The van der Waals surface area contributed by atoms with Crippen LogP contribution in [0.1, 0.15) is 21.5 Å². The van der Waals surface area contributed by atoms with Crippen molar-refractivity contribution in [3.8, 4) is 5.75 Å². The molecule has 0 saturated carbocycles. The molecular weight excluding hydrogens is 356 g/mol. The van der Waals surface area contributed by atoms with Gasteiger partial charge in [0, 0.05) is 5.56 Å². The van der Waals surface area contributed by atoms with Gasteiger partial charge in [-0.15, -0.1) is 0 Å². The lowest BCUT2D eigenvalue weighted by Crippen LogP contribution is -2.39. The van der Waals surface area contributed by atoms with Gasteiger partial charge in [0.1, 0.15) is 5.75 Å². The fraction of sp³-hybridized carbons (Fsp3) is 0.130. The summed E-state index contributed by atoms with van der Waals surface area (Å²) < 4.78 is 10.3. The number of methoxy groups -OCH3 is 1. The van der Waals surface area contributed by atoms with Gasteiger partial charge in [0.25, 0.3) is 0 Å². The van der Waals surface area contributed by atoms with Crippen molar-refractivity contribution in [2.24, 2.45) is 0 Å². The first kappa shape index (κ1) is 19.3. The van der Waals surface area contributed by atoms with Crippen LogP contribution >= 0.6 is 0 Å². The Hall–Kier alpha value is -3.44. The zero-order valence-corrected chi connectivity index (χ0v) is 15.4. The SMILES string of the molecule is COc1ccc(C(=O)COC(=O)C(O)(c2ccccc2)c2ccccc2)cc1. The third-order valence-corrected chi connectivity index (χ3v) is 4.42. The van der Waals surface area contributed by atoms with Crippen LogP contribution in [0.4, 0.5) is 0 Å². The summed E-state index contributed by atoms with van der Waals surface area (Å²) in [6, 6.07) is 23.5. The fourth-order valence-corrected chi connectivity index (χ4v) is 2.86. The van der Waals surface area contributed by atoms with Crippen molar-refractivity contribution >= 4 is 11.8 Å². The van der Waals surface area contributed by atoms with Crippen LogP contribution in [0.5, 0.6) is 5.75 Å². The minimum absolute atomic E-state index is 0.364. The Morgan fingerprint density at radius 1 is 0.821 bits per heavy atom. The van der Waals surface area contributed by atoms with Gasteiger partial charge in [0.05, 0.1) is 7.11 Å². The quantitative estimate of drug-likeness (QED) is 0.506. The molecule has 0 aliphatic carbocycles. The van der Waals surface area contributed by atoms with Gasteiger partial charge in [-0.3, -0.25) is 4.79 Å². The molecule has 0 fully saturated rings. The summed E-state index contributed by atoms with van der Waals surface area (Å²) in [6.07, 6.45) is 0. The van der Waals surface area contributed by atoms with E-state index in [2.05, 4.69) is 0 Å². The molecule has 0 radical (unpaired) electrons. The van der Waals surface area contributed by atoms with Crippen molar-refractivity contribution in [1.29, 1.82) is 0 Å². The first-order valence-corrected chi connectivity index (χ1v) is 8.73. The first-order valence-electron chi connectivity index (χ1n) is 8.73. The van der Waals surface area contributed by atoms with E-state index in [1.807, 2.05) is 0 Å². The third kappa shape index (κ3) is 3.94. The molecule has 0 aliphatic heterocycles. The molecule has 0 amide bonds. The van der Waals surface area contributed by atoms with E-state index in [1.165, 1.54) is 7.11 Å². The normalized spacial score (nSPS) is 10.9. The number of benzene rings is 3. The largest absolute Gasteiger partial charge is 0.497 e. The number of ketones is 1. The number of aliphatic hydroxyl groups is 1. The van der Waals surface area contributed by atoms with E-state index in [0.717, 1.165) is 0 Å². The van der Waals surface area contributed by atoms with Gasteiger partial charge in [-0.05, 0) is 35.4 Å². The molecule has 5 heteroatoms. The highest BCUT2D eigenvalue weighted by molar-refractivity contribution is 5.98. The molecule has 1 N–H and O–H groups in total. The Labute approximate surface area is 163 Å². The zero-order valence-electron chi connectivity index (χ0n) is 15.4. The Bertz CT molecular complexity index is 894. The van der Waals surface area contributed by atoms with Crippen LogP contribution < -0.4 is 4.74 Å². The molecule has 0 aromatic heterocycles. The summed E-state index contributed by atoms with van der Waals surface area (Å²) in [5.74, 6) is -0.665. The molecule has 142 valence electrons. The van der Waals surface area contributed by atoms with Gasteiger partial charge in [0.2, 0.25) is 5.60 Å². The first-order chi connectivity index (χ1) is 13.6. The number of esters is 1. The van der Waals surface area contributed by atoms with Crippen LogP contribution in [0.3, 0.4) is 0 Å². The molecule has 0 aliphatic rings. The van der Waals surface area contributed by atoms with Crippen molar-refractivity contribution in [2.45, 2.75) is 5.60 Å². The molecule has 0 heterocycles. The fourth-order valence-electron chi connectivity index (χ4n) is 2.86. The number of carbonyl (C=O) groups is 2. The monoisotopic (exact) mass is 376 g/mol. The van der Waals surface area contributed by atoms with Crippen LogP contribution in [-0.2, 0) is 15.1 Å². The Morgan fingerprint density at radius 3 is 1.79 bits per heavy atom. The van der Waals surface area contributed by atoms with Gasteiger partial charge in [0.15, 0.2) is 12.4 Å². The number of Topliss-reactive ketones (excluding diaryl/α,β-unsaturated/α-hetero) is 1. The Morgan fingerprint density at radius 2 is 1.32 bits per heavy atom. The molecule has 28 heavy (non-hydrogen) atoms. The molecule has 0 bridgehead atoms. The maximum atomic E-state index is 12.9. The maximum absolute atomic E-state index is 12.9. The second kappa shape index (κ2) is 8.50. The molecule has 0 unspecified atom stereocenters. The lowest BCUT2D eigenvalue weighted by atomic mass is 9.86. The van der Waals surface area contributed by atoms with Gasteiger partial charge < -0.3 is 14.6 Å². The van der Waals surface area contributed by atoms with Crippen molar-refractivity contribution in [2.75, 3.05) is 13.7 Å². The summed E-state index contributed by atoms with van der Waals surface area (Å²) in [7, 11) is 1.53. The van der Waals surface area contributed by atoms with E-state index >= 15 is 0 Å². The maximum Gasteiger partial charge on any atom is 0.348 e. The van der Waals surface area contributed by atoms with E-state index < -0.39 is 18.2 Å². The van der Waals surface area contributed by atoms with E-state index in [1.54, 1.807) is 84.9 Å². The van der Waals surface area contributed by atoms with E-state index in [-0.39, 0.29) is 5.78 Å². The van der Waals surface area contributed by atoms with Crippen LogP contribution in [-0.4, -0.2) is 30.6 Å². The lowest BCUT2D eigenvalue weighted by Gasteiger charge is -2.26. The van der Waals surface area contributed by atoms with Crippen molar-refractivity contribution < 1.29 is 24.2 Å². The van der Waals surface area contributed by atoms with Crippen LogP contribution in [0.15, 0.2) is 84.9 Å². The van der Waals surface area contributed by atoms with Crippen molar-refractivity contribution in [3.05, 3.63) is 102 Å². The molecular formula is C23H20O5. The summed E-state index contributed by atoms with van der Waals surface area (Å²) >= 11 is 0. The van der Waals surface area contributed by atoms with Crippen molar-refractivity contribution in [1.82, 2.24) is 0 Å². The Kier molecular flexibility index (Phi) is 5.87. The smallest absolute Gasteiger partial charge is 0.348 e. The van der Waals surface area contributed by atoms with Gasteiger partial charge >= 0.3 is 5.97 Å². The van der Waals surface area contributed by atoms with Gasteiger partial charge in [-0.1, -0.05) is 60.7 Å². The number of ether oxygens (including phenoxy) is 2. The van der Waals surface area contributed by atoms with Crippen LogP contribution in [0.25, 0.3) is 0 Å². The molecule has 0 saturated heterocycles. The highest BCUT2D eigenvalue weighted by atomic mass is 16.6. The third-order valence-electron chi connectivity index (χ3n) is 4.42. The minimum Gasteiger partial charge on any atom is -0.497 e. The van der Waals surface area contributed by atoms with Crippen LogP contribution in [0.2, 0.25) is 0 Å². The highest BCUT2D eigenvalue weighted by Crippen LogP contribution is 2.31. The number of hydrogen-bond acceptors (Lipinski definition) is 5. The van der Waals surface area contributed by atoms with E-state index in [9.17, 15) is 14.7 Å². The molecule has 3 aromatic carbocycles. The van der Waals surface area contributed by atoms with E-state index in [4.69, 9.17) is 9.47 Å². The zero-order chi connectivity index (χ0) is 20.0. The standard InChI is InChI=1S/C23H20O5/c1-27-20-14-12-17(13-15-20)21(24)16-28-22(25)23(26,18-8-4-2-5-9-18)19-10-6-3-7-11-19/h2-15,26H,16H2,1H3. The molecule has 0 spiro atoms. The second-order valence-electron chi connectivity index (χ2n) is 6.17. The lowest BCUT2D eigenvalue weighted by molar-refractivity contribution is -0.160. The van der Waals surface area contributed by atoms with Gasteiger partial charge in [-0.25, -0.2) is 4.79 Å². The van der Waals surface area contributed by atoms with Gasteiger partial charge in [-0.2, -0.15) is 0 Å². The molecule has 5 nitrogen and oxygen atoms in total. The number of carbonyl (C=O) groups excluding carboxylic acids is 2.